The number of hydrogen-bond donors (Lipinski definition) is 0. The molecule has 0 bridgehead atoms. The van der Waals surface area contributed by atoms with Crippen molar-refractivity contribution in [3.63, 3.8) is 0 Å². The molecule has 0 aromatic heterocycles. The van der Waals surface area contributed by atoms with Crippen LogP contribution < -0.4 is 0 Å². The second-order valence-corrected chi connectivity index (χ2v) is 6.18. The van der Waals surface area contributed by atoms with Crippen LogP contribution in [-0.4, -0.2) is 24.0 Å². The van der Waals surface area contributed by atoms with Gasteiger partial charge < -0.3 is 0 Å². The fourth-order valence-corrected chi connectivity index (χ4v) is 1.56. The van der Waals surface area contributed by atoms with Crippen molar-refractivity contribution in [1.29, 1.82) is 0 Å². The van der Waals surface area contributed by atoms with Crippen LogP contribution in [0.5, 0.6) is 0 Å². The van der Waals surface area contributed by atoms with E-state index in [1.165, 1.54) is 19.5 Å². The van der Waals surface area contributed by atoms with Crippen LogP contribution in [0.1, 0.15) is 48.0 Å². The molecule has 15 heavy (non-hydrogen) atoms. The van der Waals surface area contributed by atoms with Gasteiger partial charge in [-0.15, -0.1) is 6.58 Å². The molecule has 0 saturated carbocycles. The molecule has 1 heteroatoms. The molecule has 0 fully saturated rings. The Hall–Kier alpha value is -0.300. The van der Waals surface area contributed by atoms with Crippen molar-refractivity contribution < 1.29 is 0 Å². The second-order valence-electron chi connectivity index (χ2n) is 6.18. The zero-order valence-corrected chi connectivity index (χ0v) is 11.5. The molecule has 0 heterocycles. The molecule has 1 unspecified atom stereocenters. The first-order valence-corrected chi connectivity index (χ1v) is 6.13. The summed E-state index contributed by atoms with van der Waals surface area (Å²) in [6, 6.07) is 0.495. The van der Waals surface area contributed by atoms with Gasteiger partial charge in [0.1, 0.15) is 0 Å². The van der Waals surface area contributed by atoms with E-state index in [0.29, 0.717) is 11.5 Å². The summed E-state index contributed by atoms with van der Waals surface area (Å²) < 4.78 is 0. The molecule has 1 nitrogen and oxygen atoms in total. The Morgan fingerprint density at radius 3 is 2.07 bits per heavy atom. The minimum atomic E-state index is 0.427. The van der Waals surface area contributed by atoms with Crippen molar-refractivity contribution in [1.82, 2.24) is 4.90 Å². The van der Waals surface area contributed by atoms with Crippen LogP contribution in [0.15, 0.2) is 12.7 Å². The monoisotopic (exact) mass is 211 g/mol. The SMILES string of the molecule is C=CC(C)N(CCC(C)(C)C)CC(C)C. The van der Waals surface area contributed by atoms with Crippen LogP contribution >= 0.6 is 0 Å². The molecule has 0 aliphatic rings. The highest BCUT2D eigenvalue weighted by atomic mass is 15.1. The van der Waals surface area contributed by atoms with E-state index in [9.17, 15) is 0 Å². The van der Waals surface area contributed by atoms with Gasteiger partial charge in [0.15, 0.2) is 0 Å². The van der Waals surface area contributed by atoms with Crippen LogP contribution in [0.4, 0.5) is 0 Å². The van der Waals surface area contributed by atoms with E-state index >= 15 is 0 Å². The summed E-state index contributed by atoms with van der Waals surface area (Å²) in [4.78, 5) is 2.53. The van der Waals surface area contributed by atoms with Gasteiger partial charge in [0, 0.05) is 12.6 Å². The zero-order chi connectivity index (χ0) is 12.1. The summed E-state index contributed by atoms with van der Waals surface area (Å²) in [5, 5.41) is 0. The van der Waals surface area contributed by atoms with E-state index in [-0.39, 0.29) is 0 Å². The molecule has 0 saturated heterocycles. The molecule has 0 rings (SSSR count). The van der Waals surface area contributed by atoms with E-state index < -0.39 is 0 Å². The Bertz CT molecular complexity index is 176. The van der Waals surface area contributed by atoms with Crippen molar-refractivity contribution in [3.05, 3.63) is 12.7 Å². The van der Waals surface area contributed by atoms with Gasteiger partial charge in [-0.2, -0.15) is 0 Å². The summed E-state index contributed by atoms with van der Waals surface area (Å²) >= 11 is 0. The lowest BCUT2D eigenvalue weighted by Crippen LogP contribution is -2.37. The van der Waals surface area contributed by atoms with E-state index in [1.807, 2.05) is 6.08 Å². The first kappa shape index (κ1) is 14.7. The van der Waals surface area contributed by atoms with Crippen molar-refractivity contribution in [3.8, 4) is 0 Å². The van der Waals surface area contributed by atoms with E-state index in [4.69, 9.17) is 0 Å². The quantitative estimate of drug-likeness (QED) is 0.601. The van der Waals surface area contributed by atoms with E-state index in [1.54, 1.807) is 0 Å². The highest BCUT2D eigenvalue weighted by molar-refractivity contribution is 4.85. The van der Waals surface area contributed by atoms with Gasteiger partial charge in [0.2, 0.25) is 0 Å². The maximum Gasteiger partial charge on any atom is 0.0247 e. The molecule has 0 aromatic carbocycles. The van der Waals surface area contributed by atoms with Gasteiger partial charge >= 0.3 is 0 Å². The molecule has 0 N–H and O–H groups in total. The predicted octanol–water partition coefficient (Wildman–Crippen LogP) is 3.96. The van der Waals surface area contributed by atoms with Crippen LogP contribution in [-0.2, 0) is 0 Å². The molecular formula is C14H29N. The largest absolute Gasteiger partial charge is 0.297 e. The third-order valence-electron chi connectivity index (χ3n) is 2.67. The third-order valence-corrected chi connectivity index (χ3v) is 2.67. The average molecular weight is 211 g/mol. The highest BCUT2D eigenvalue weighted by Gasteiger charge is 2.16. The lowest BCUT2D eigenvalue weighted by Gasteiger charge is -2.31. The summed E-state index contributed by atoms with van der Waals surface area (Å²) in [6.07, 6.45) is 3.29. The fraction of sp³-hybridized carbons (Fsp3) is 0.857. The first-order valence-electron chi connectivity index (χ1n) is 6.13. The Labute approximate surface area is 96.6 Å². The molecule has 0 aliphatic carbocycles. The van der Waals surface area contributed by atoms with Crippen molar-refractivity contribution in [2.24, 2.45) is 11.3 Å². The van der Waals surface area contributed by atoms with Gasteiger partial charge in [-0.3, -0.25) is 4.90 Å². The Balaban J connectivity index is 4.19. The van der Waals surface area contributed by atoms with Gasteiger partial charge in [-0.1, -0.05) is 40.7 Å². The van der Waals surface area contributed by atoms with E-state index in [0.717, 1.165) is 5.92 Å². The van der Waals surface area contributed by atoms with Gasteiger partial charge in [-0.25, -0.2) is 0 Å². The Kier molecular flexibility index (Phi) is 6.19. The standard InChI is InChI=1S/C14H29N/c1-8-13(4)15(11-12(2)3)10-9-14(5,6)7/h8,12-13H,1,9-11H2,2-7H3. The number of rotatable bonds is 6. The van der Waals surface area contributed by atoms with Crippen molar-refractivity contribution >= 4 is 0 Å². The molecule has 1 atom stereocenters. The molecule has 0 aromatic rings. The highest BCUT2D eigenvalue weighted by Crippen LogP contribution is 2.20. The van der Waals surface area contributed by atoms with Crippen LogP contribution in [0.3, 0.4) is 0 Å². The molecule has 90 valence electrons. The normalized spacial score (nSPS) is 14.7. The Morgan fingerprint density at radius 2 is 1.73 bits per heavy atom. The van der Waals surface area contributed by atoms with Crippen LogP contribution in [0.2, 0.25) is 0 Å². The van der Waals surface area contributed by atoms with Crippen molar-refractivity contribution in [2.45, 2.75) is 54.0 Å². The van der Waals surface area contributed by atoms with Gasteiger partial charge in [0.05, 0.1) is 0 Å². The lowest BCUT2D eigenvalue weighted by atomic mass is 9.91. The van der Waals surface area contributed by atoms with E-state index in [2.05, 4.69) is 53.0 Å². The molecule has 0 spiro atoms. The minimum Gasteiger partial charge on any atom is -0.297 e. The van der Waals surface area contributed by atoms with Crippen molar-refractivity contribution in [2.75, 3.05) is 13.1 Å². The van der Waals surface area contributed by atoms with Crippen LogP contribution in [0, 0.1) is 11.3 Å². The summed E-state index contributed by atoms with van der Waals surface area (Å²) in [6.45, 7) is 19.9. The summed E-state index contributed by atoms with van der Waals surface area (Å²) in [5.41, 5.74) is 0.427. The minimum absolute atomic E-state index is 0.427. The molecular weight excluding hydrogens is 182 g/mol. The molecule has 0 amide bonds. The topological polar surface area (TPSA) is 3.24 Å². The average Bonchev–Trinajstić information content (AvgIpc) is 2.09. The number of nitrogens with zero attached hydrogens (tertiary/aromatic N) is 1. The molecule has 0 radical (unpaired) electrons. The lowest BCUT2D eigenvalue weighted by molar-refractivity contribution is 0.184. The summed E-state index contributed by atoms with van der Waals surface area (Å²) in [7, 11) is 0. The fourth-order valence-electron chi connectivity index (χ4n) is 1.56. The third kappa shape index (κ3) is 7.61. The number of hydrogen-bond acceptors (Lipinski definition) is 1. The second kappa shape index (κ2) is 6.32. The van der Waals surface area contributed by atoms with Gasteiger partial charge in [0.25, 0.3) is 0 Å². The predicted molar refractivity (Wildman–Crippen MR) is 70.1 cm³/mol. The summed E-state index contributed by atoms with van der Waals surface area (Å²) in [5.74, 6) is 0.729. The maximum atomic E-state index is 3.89. The molecule has 0 aliphatic heterocycles. The van der Waals surface area contributed by atoms with Crippen LogP contribution in [0.25, 0.3) is 0 Å². The Morgan fingerprint density at radius 1 is 1.20 bits per heavy atom. The smallest absolute Gasteiger partial charge is 0.0247 e. The maximum absolute atomic E-state index is 3.89. The zero-order valence-electron chi connectivity index (χ0n) is 11.5. The van der Waals surface area contributed by atoms with Gasteiger partial charge in [-0.05, 0) is 31.2 Å². The first-order chi connectivity index (χ1) is 6.76.